The summed E-state index contributed by atoms with van der Waals surface area (Å²) in [5.41, 5.74) is 2.40. The Hall–Kier alpha value is -1.81. The van der Waals surface area contributed by atoms with Crippen molar-refractivity contribution in [2.24, 2.45) is 0 Å². The summed E-state index contributed by atoms with van der Waals surface area (Å²) in [6.07, 6.45) is 4.57. The Bertz CT molecular complexity index is 598. The van der Waals surface area contributed by atoms with E-state index in [0.29, 0.717) is 12.6 Å². The van der Waals surface area contributed by atoms with E-state index in [1.165, 1.54) is 23.8 Å². The molecule has 1 aliphatic rings. The summed E-state index contributed by atoms with van der Waals surface area (Å²) in [7, 11) is 1.67. The third-order valence-electron chi connectivity index (χ3n) is 3.60. The van der Waals surface area contributed by atoms with Crippen LogP contribution in [0.25, 0.3) is 10.9 Å². The zero-order valence-electron chi connectivity index (χ0n) is 11.1. The van der Waals surface area contributed by atoms with Gasteiger partial charge in [-0.05, 0) is 35.9 Å². The van der Waals surface area contributed by atoms with Gasteiger partial charge in [0.25, 0.3) is 0 Å². The molecule has 0 unspecified atom stereocenters. The molecule has 1 amide bonds. The predicted molar refractivity (Wildman–Crippen MR) is 75.9 cm³/mol. The smallest absolute Gasteiger partial charge is 0.239 e. The number of nitrogens with zero attached hydrogens (tertiary/aromatic N) is 1. The van der Waals surface area contributed by atoms with E-state index >= 15 is 0 Å². The van der Waals surface area contributed by atoms with Crippen LogP contribution in [0.1, 0.15) is 18.4 Å². The summed E-state index contributed by atoms with van der Waals surface area (Å²) in [6.45, 7) is 1.28. The molecule has 0 radical (unpaired) electrons. The molecule has 2 N–H and O–H groups in total. The highest BCUT2D eigenvalue weighted by molar-refractivity contribution is 5.83. The molecule has 19 heavy (non-hydrogen) atoms. The van der Waals surface area contributed by atoms with Gasteiger partial charge in [0.2, 0.25) is 5.91 Å². The number of benzene rings is 1. The predicted octanol–water partition coefficient (Wildman–Crippen LogP) is 1.64. The van der Waals surface area contributed by atoms with Crippen molar-refractivity contribution in [2.75, 3.05) is 7.05 Å². The molecule has 1 aromatic heterocycles. The second-order valence-electron chi connectivity index (χ2n) is 5.17. The Morgan fingerprint density at radius 2 is 2.21 bits per heavy atom. The number of amides is 1. The maximum Gasteiger partial charge on any atom is 0.239 e. The van der Waals surface area contributed by atoms with Gasteiger partial charge >= 0.3 is 0 Å². The number of fused-ring (bicyclic) bond motifs is 1. The van der Waals surface area contributed by atoms with Crippen LogP contribution >= 0.6 is 0 Å². The molecule has 2 aromatic rings. The van der Waals surface area contributed by atoms with E-state index in [0.717, 1.165) is 12.1 Å². The molecule has 0 saturated heterocycles. The molecule has 4 nitrogen and oxygen atoms in total. The highest BCUT2D eigenvalue weighted by atomic mass is 16.1. The van der Waals surface area contributed by atoms with Crippen LogP contribution in [0.15, 0.2) is 30.5 Å². The van der Waals surface area contributed by atoms with Gasteiger partial charge in [-0.2, -0.15) is 0 Å². The fraction of sp³-hybridized carbons (Fsp3) is 0.400. The number of aromatic nitrogens is 1. The van der Waals surface area contributed by atoms with Crippen molar-refractivity contribution in [3.8, 4) is 0 Å². The van der Waals surface area contributed by atoms with Gasteiger partial charge in [0, 0.05) is 31.3 Å². The third-order valence-corrected chi connectivity index (χ3v) is 3.60. The van der Waals surface area contributed by atoms with Crippen molar-refractivity contribution in [1.29, 1.82) is 0 Å². The summed E-state index contributed by atoms with van der Waals surface area (Å²) >= 11 is 0. The lowest BCUT2D eigenvalue weighted by Crippen LogP contribution is -2.23. The molecular formula is C15H19N3O. The van der Waals surface area contributed by atoms with Gasteiger partial charge in [-0.15, -0.1) is 0 Å². The minimum Gasteiger partial charge on any atom is -0.358 e. The maximum absolute atomic E-state index is 11.5. The van der Waals surface area contributed by atoms with Gasteiger partial charge in [-0.3, -0.25) is 4.79 Å². The molecule has 100 valence electrons. The molecule has 3 rings (SSSR count). The van der Waals surface area contributed by atoms with Crippen LogP contribution in [0.4, 0.5) is 0 Å². The minimum atomic E-state index is 0.0269. The van der Waals surface area contributed by atoms with Gasteiger partial charge < -0.3 is 15.2 Å². The van der Waals surface area contributed by atoms with Crippen molar-refractivity contribution in [3.63, 3.8) is 0 Å². The van der Waals surface area contributed by atoms with Crippen molar-refractivity contribution < 1.29 is 4.79 Å². The highest BCUT2D eigenvalue weighted by Crippen LogP contribution is 2.21. The van der Waals surface area contributed by atoms with E-state index in [1.807, 2.05) is 10.8 Å². The monoisotopic (exact) mass is 257 g/mol. The summed E-state index contributed by atoms with van der Waals surface area (Å²) in [6, 6.07) is 9.22. The number of carbonyl (C=O) groups excluding carboxylic acids is 1. The largest absolute Gasteiger partial charge is 0.358 e. The normalized spacial score (nSPS) is 14.8. The quantitative estimate of drug-likeness (QED) is 0.855. The Balaban J connectivity index is 1.82. The number of hydrogen-bond donors (Lipinski definition) is 2. The lowest BCUT2D eigenvalue weighted by atomic mass is 10.1. The molecule has 1 aromatic carbocycles. The van der Waals surface area contributed by atoms with Crippen LogP contribution in [0.5, 0.6) is 0 Å². The first-order valence-electron chi connectivity index (χ1n) is 6.78. The summed E-state index contributed by atoms with van der Waals surface area (Å²) in [5.74, 6) is 0.0269. The third kappa shape index (κ3) is 2.79. The molecule has 1 heterocycles. The standard InChI is InChI=1S/C15H19N3O/c1-16-15(19)10-18-7-6-12-3-2-11(8-14(12)18)9-17-13-4-5-13/h2-3,6-8,13,17H,4-5,9-10H2,1H3,(H,16,19). The van der Waals surface area contributed by atoms with Crippen LogP contribution in [-0.2, 0) is 17.9 Å². The van der Waals surface area contributed by atoms with Crippen LogP contribution < -0.4 is 10.6 Å². The minimum absolute atomic E-state index is 0.0269. The summed E-state index contributed by atoms with van der Waals surface area (Å²) in [4.78, 5) is 11.5. The molecule has 4 heteroatoms. The lowest BCUT2D eigenvalue weighted by Gasteiger charge is -2.07. The van der Waals surface area contributed by atoms with E-state index in [1.54, 1.807) is 7.05 Å². The van der Waals surface area contributed by atoms with E-state index in [4.69, 9.17) is 0 Å². The SMILES string of the molecule is CNC(=O)Cn1ccc2ccc(CNC3CC3)cc21. The van der Waals surface area contributed by atoms with Gasteiger partial charge in [-0.1, -0.05) is 12.1 Å². The zero-order chi connectivity index (χ0) is 13.2. The fourth-order valence-corrected chi connectivity index (χ4v) is 2.26. The molecule has 0 spiro atoms. The number of likely N-dealkylation sites (N-methyl/N-ethyl adjacent to an activating group) is 1. The number of rotatable bonds is 5. The molecule has 1 fully saturated rings. The second kappa shape index (κ2) is 5.05. The molecule has 0 atom stereocenters. The van der Waals surface area contributed by atoms with E-state index in [9.17, 15) is 4.79 Å². The van der Waals surface area contributed by atoms with Crippen LogP contribution in [0.3, 0.4) is 0 Å². The Morgan fingerprint density at radius 3 is 2.95 bits per heavy atom. The first-order valence-corrected chi connectivity index (χ1v) is 6.78. The van der Waals surface area contributed by atoms with Crippen molar-refractivity contribution in [2.45, 2.75) is 32.0 Å². The van der Waals surface area contributed by atoms with Gasteiger partial charge in [0.05, 0.1) is 0 Å². The van der Waals surface area contributed by atoms with Gasteiger partial charge in [0.1, 0.15) is 6.54 Å². The van der Waals surface area contributed by atoms with Crippen molar-refractivity contribution >= 4 is 16.8 Å². The topological polar surface area (TPSA) is 46.1 Å². The molecule has 1 saturated carbocycles. The van der Waals surface area contributed by atoms with Crippen molar-refractivity contribution in [1.82, 2.24) is 15.2 Å². The van der Waals surface area contributed by atoms with Crippen LogP contribution in [-0.4, -0.2) is 23.6 Å². The Morgan fingerprint density at radius 1 is 1.37 bits per heavy atom. The van der Waals surface area contributed by atoms with Gasteiger partial charge in [-0.25, -0.2) is 0 Å². The van der Waals surface area contributed by atoms with Crippen molar-refractivity contribution in [3.05, 3.63) is 36.0 Å². The van der Waals surface area contributed by atoms with Gasteiger partial charge in [0.15, 0.2) is 0 Å². The number of hydrogen-bond acceptors (Lipinski definition) is 2. The Kier molecular flexibility index (Phi) is 3.25. The lowest BCUT2D eigenvalue weighted by molar-refractivity contribution is -0.121. The van der Waals surface area contributed by atoms with Crippen LogP contribution in [0, 0.1) is 0 Å². The average molecular weight is 257 g/mol. The summed E-state index contributed by atoms with van der Waals surface area (Å²) < 4.78 is 1.99. The maximum atomic E-state index is 11.5. The van der Waals surface area contributed by atoms with E-state index in [2.05, 4.69) is 34.9 Å². The molecular weight excluding hydrogens is 238 g/mol. The number of nitrogens with one attached hydrogen (secondary N) is 2. The molecule has 0 bridgehead atoms. The first-order chi connectivity index (χ1) is 9.26. The average Bonchev–Trinajstić information content (AvgIpc) is 3.18. The van der Waals surface area contributed by atoms with E-state index in [-0.39, 0.29) is 5.91 Å². The summed E-state index contributed by atoms with van der Waals surface area (Å²) in [5, 5.41) is 7.35. The fourth-order valence-electron chi connectivity index (χ4n) is 2.26. The zero-order valence-corrected chi connectivity index (χ0v) is 11.1. The second-order valence-corrected chi connectivity index (χ2v) is 5.17. The molecule has 1 aliphatic carbocycles. The Labute approximate surface area is 112 Å². The molecule has 0 aliphatic heterocycles. The van der Waals surface area contributed by atoms with Crippen LogP contribution in [0.2, 0.25) is 0 Å². The highest BCUT2D eigenvalue weighted by Gasteiger charge is 2.19. The first kappa shape index (κ1) is 12.2. The number of carbonyl (C=O) groups is 1. The van der Waals surface area contributed by atoms with E-state index < -0.39 is 0 Å².